The van der Waals surface area contributed by atoms with Crippen molar-refractivity contribution in [3.8, 4) is 11.5 Å². The lowest BCUT2D eigenvalue weighted by Crippen LogP contribution is -2.04. The minimum absolute atomic E-state index is 0.100. The molecule has 0 unspecified atom stereocenters. The number of unbranched alkanes of at least 4 members (excludes halogenated alkanes) is 3. The maximum absolute atomic E-state index is 11.7. The highest BCUT2D eigenvalue weighted by Gasteiger charge is 2.07. The van der Waals surface area contributed by atoms with E-state index >= 15 is 0 Å². The lowest BCUT2D eigenvalue weighted by molar-refractivity contribution is -0.145. The summed E-state index contributed by atoms with van der Waals surface area (Å²) in [5.41, 5.74) is 0.816. The Balaban J connectivity index is 2.22. The van der Waals surface area contributed by atoms with Gasteiger partial charge in [0.25, 0.3) is 0 Å². The number of phenols is 1. The zero-order chi connectivity index (χ0) is 17.1. The number of hydrogen-bond donors (Lipinski definition) is 1. The summed E-state index contributed by atoms with van der Waals surface area (Å²) < 4.78 is 10.6. The van der Waals surface area contributed by atoms with Crippen LogP contribution in [0.1, 0.15) is 64.9 Å². The molecule has 0 spiro atoms. The average Bonchev–Trinajstić information content (AvgIpc) is 2.51. The van der Waals surface area contributed by atoms with E-state index in [0.29, 0.717) is 18.8 Å². The summed E-state index contributed by atoms with van der Waals surface area (Å²) >= 11 is 0. The van der Waals surface area contributed by atoms with Crippen LogP contribution in [-0.4, -0.2) is 17.7 Å². The number of benzene rings is 1. The molecule has 23 heavy (non-hydrogen) atoms. The maximum atomic E-state index is 11.7. The second kappa shape index (κ2) is 10.9. The van der Waals surface area contributed by atoms with Crippen LogP contribution in [0.2, 0.25) is 0 Å². The van der Waals surface area contributed by atoms with Crippen LogP contribution in [0.15, 0.2) is 18.2 Å². The van der Waals surface area contributed by atoms with Crippen LogP contribution in [0, 0.1) is 5.92 Å². The van der Waals surface area contributed by atoms with E-state index in [1.807, 2.05) is 6.92 Å². The molecule has 0 atom stereocenters. The van der Waals surface area contributed by atoms with Crippen molar-refractivity contribution in [1.29, 1.82) is 0 Å². The third-order valence-corrected chi connectivity index (χ3v) is 3.64. The number of carbonyl (C=O) groups is 1. The monoisotopic (exact) mass is 322 g/mol. The van der Waals surface area contributed by atoms with E-state index in [1.165, 1.54) is 19.3 Å². The summed E-state index contributed by atoms with van der Waals surface area (Å²) in [6.45, 7) is 7.02. The molecular formula is C19H30O4. The first-order valence-corrected chi connectivity index (χ1v) is 8.63. The second-order valence-corrected chi connectivity index (χ2v) is 6.24. The highest BCUT2D eigenvalue weighted by molar-refractivity contribution is 5.69. The van der Waals surface area contributed by atoms with Crippen LogP contribution in [0.3, 0.4) is 0 Å². The molecule has 1 aromatic carbocycles. The van der Waals surface area contributed by atoms with E-state index in [1.54, 1.807) is 18.2 Å². The van der Waals surface area contributed by atoms with Gasteiger partial charge in [-0.3, -0.25) is 4.79 Å². The van der Waals surface area contributed by atoms with Crippen molar-refractivity contribution >= 4 is 5.97 Å². The van der Waals surface area contributed by atoms with Crippen molar-refractivity contribution in [2.75, 3.05) is 6.61 Å². The summed E-state index contributed by atoms with van der Waals surface area (Å²) in [6, 6.07) is 5.00. The molecule has 0 heterocycles. The highest BCUT2D eigenvalue weighted by Crippen LogP contribution is 2.27. The van der Waals surface area contributed by atoms with Gasteiger partial charge in [0.1, 0.15) is 6.61 Å². The first kappa shape index (κ1) is 19.3. The van der Waals surface area contributed by atoms with E-state index in [2.05, 4.69) is 13.8 Å². The van der Waals surface area contributed by atoms with E-state index < -0.39 is 0 Å². The standard InChI is InChI=1S/C19H30O4/c1-4-22-18-13-16(11-12-17(18)20)14-23-19(21)10-8-6-5-7-9-15(2)3/h11-13,15,20H,4-10,14H2,1-3H3. The summed E-state index contributed by atoms with van der Waals surface area (Å²) in [7, 11) is 0. The van der Waals surface area contributed by atoms with Crippen LogP contribution in [0.25, 0.3) is 0 Å². The molecule has 0 amide bonds. The van der Waals surface area contributed by atoms with Crippen molar-refractivity contribution in [3.05, 3.63) is 23.8 Å². The SMILES string of the molecule is CCOc1cc(COC(=O)CCCCCCC(C)C)ccc1O. The summed E-state index contributed by atoms with van der Waals surface area (Å²) in [5.74, 6) is 1.11. The van der Waals surface area contributed by atoms with Crippen LogP contribution < -0.4 is 4.74 Å². The van der Waals surface area contributed by atoms with Crippen molar-refractivity contribution in [2.24, 2.45) is 5.92 Å². The molecule has 1 aromatic rings. The van der Waals surface area contributed by atoms with Crippen molar-refractivity contribution in [1.82, 2.24) is 0 Å². The molecular weight excluding hydrogens is 292 g/mol. The Morgan fingerprint density at radius 2 is 1.91 bits per heavy atom. The second-order valence-electron chi connectivity index (χ2n) is 6.24. The largest absolute Gasteiger partial charge is 0.504 e. The Morgan fingerprint density at radius 3 is 2.61 bits per heavy atom. The molecule has 0 radical (unpaired) electrons. The molecule has 130 valence electrons. The molecule has 0 saturated heterocycles. The maximum Gasteiger partial charge on any atom is 0.306 e. The molecule has 1 rings (SSSR count). The van der Waals surface area contributed by atoms with Gasteiger partial charge in [0.05, 0.1) is 6.61 Å². The molecule has 0 aliphatic heterocycles. The third kappa shape index (κ3) is 8.48. The molecule has 1 N–H and O–H groups in total. The van der Waals surface area contributed by atoms with Crippen LogP contribution >= 0.6 is 0 Å². The van der Waals surface area contributed by atoms with Gasteiger partial charge in [-0.15, -0.1) is 0 Å². The van der Waals surface area contributed by atoms with E-state index in [-0.39, 0.29) is 18.3 Å². The Labute approximate surface area is 139 Å². The van der Waals surface area contributed by atoms with Gasteiger partial charge in [-0.25, -0.2) is 0 Å². The average molecular weight is 322 g/mol. The minimum Gasteiger partial charge on any atom is -0.504 e. The number of esters is 1. The van der Waals surface area contributed by atoms with E-state index in [9.17, 15) is 9.90 Å². The number of aromatic hydroxyl groups is 1. The molecule has 0 bridgehead atoms. The Hall–Kier alpha value is -1.71. The number of phenolic OH excluding ortho intramolecular Hbond substituents is 1. The normalized spacial score (nSPS) is 10.8. The van der Waals surface area contributed by atoms with Crippen LogP contribution in [0.4, 0.5) is 0 Å². The van der Waals surface area contributed by atoms with E-state index in [4.69, 9.17) is 9.47 Å². The van der Waals surface area contributed by atoms with Gasteiger partial charge >= 0.3 is 5.97 Å². The lowest BCUT2D eigenvalue weighted by Gasteiger charge is -2.09. The van der Waals surface area contributed by atoms with Gasteiger partial charge in [-0.1, -0.05) is 45.6 Å². The quantitative estimate of drug-likeness (QED) is 0.468. The third-order valence-electron chi connectivity index (χ3n) is 3.64. The topological polar surface area (TPSA) is 55.8 Å². The Morgan fingerprint density at radius 1 is 1.17 bits per heavy atom. The summed E-state index contributed by atoms with van der Waals surface area (Å²) in [5, 5.41) is 9.63. The Bertz CT molecular complexity index is 468. The fourth-order valence-electron chi connectivity index (χ4n) is 2.33. The zero-order valence-corrected chi connectivity index (χ0v) is 14.6. The predicted molar refractivity (Wildman–Crippen MR) is 91.6 cm³/mol. The van der Waals surface area contributed by atoms with Gasteiger partial charge in [0.15, 0.2) is 11.5 Å². The predicted octanol–water partition coefficient (Wildman–Crippen LogP) is 4.83. The highest BCUT2D eigenvalue weighted by atomic mass is 16.5. The van der Waals surface area contributed by atoms with Gasteiger partial charge < -0.3 is 14.6 Å². The minimum atomic E-state index is -0.167. The fourth-order valence-corrected chi connectivity index (χ4v) is 2.33. The fraction of sp³-hybridized carbons (Fsp3) is 0.632. The summed E-state index contributed by atoms with van der Waals surface area (Å²) in [6.07, 6.45) is 6.11. The molecule has 0 aromatic heterocycles. The molecule has 0 aliphatic carbocycles. The summed E-state index contributed by atoms with van der Waals surface area (Å²) in [4.78, 5) is 11.7. The van der Waals surface area contributed by atoms with Crippen molar-refractivity contribution in [2.45, 2.75) is 65.9 Å². The lowest BCUT2D eigenvalue weighted by atomic mass is 10.0. The molecule has 0 saturated carbocycles. The van der Waals surface area contributed by atoms with Crippen molar-refractivity contribution < 1.29 is 19.4 Å². The molecule has 4 nitrogen and oxygen atoms in total. The number of hydrogen-bond acceptors (Lipinski definition) is 4. The van der Waals surface area contributed by atoms with Gasteiger partial charge in [-0.2, -0.15) is 0 Å². The van der Waals surface area contributed by atoms with Crippen LogP contribution in [-0.2, 0) is 16.1 Å². The molecule has 0 fully saturated rings. The Kier molecular flexibility index (Phi) is 9.18. The zero-order valence-electron chi connectivity index (χ0n) is 14.6. The van der Waals surface area contributed by atoms with E-state index in [0.717, 1.165) is 24.3 Å². The number of carbonyl (C=O) groups excluding carboxylic acids is 1. The number of ether oxygens (including phenoxy) is 2. The van der Waals surface area contributed by atoms with Gasteiger partial charge in [0, 0.05) is 6.42 Å². The van der Waals surface area contributed by atoms with Gasteiger partial charge in [-0.05, 0) is 37.0 Å². The molecule has 0 aliphatic rings. The first-order valence-electron chi connectivity index (χ1n) is 8.63. The first-order chi connectivity index (χ1) is 11.0. The van der Waals surface area contributed by atoms with Crippen molar-refractivity contribution in [3.63, 3.8) is 0 Å². The smallest absolute Gasteiger partial charge is 0.306 e. The molecule has 4 heteroatoms. The van der Waals surface area contributed by atoms with Gasteiger partial charge in [0.2, 0.25) is 0 Å². The van der Waals surface area contributed by atoms with Crippen LogP contribution in [0.5, 0.6) is 11.5 Å². The number of rotatable bonds is 11.